The summed E-state index contributed by atoms with van der Waals surface area (Å²) in [5.74, 6) is -0.929. The maximum absolute atomic E-state index is 13.5. The lowest BCUT2D eigenvalue weighted by Gasteiger charge is -2.08. The largest absolute Gasteiger partial charge is 0.465 e. The van der Waals surface area contributed by atoms with Gasteiger partial charge in [-0.2, -0.15) is 5.10 Å². The average Bonchev–Trinajstić information content (AvgIpc) is 2.90. The summed E-state index contributed by atoms with van der Waals surface area (Å²) in [6, 6.07) is 5.79. The number of benzene rings is 1. The Balaban J connectivity index is 2.13. The molecular weight excluding hydrogens is 237 g/mol. The van der Waals surface area contributed by atoms with Crippen molar-refractivity contribution in [2.75, 3.05) is 12.4 Å². The van der Waals surface area contributed by atoms with Crippen molar-refractivity contribution < 1.29 is 13.9 Å². The first kappa shape index (κ1) is 12.1. The van der Waals surface area contributed by atoms with Crippen LogP contribution in [0.1, 0.15) is 16.1 Å². The molecule has 0 amide bonds. The number of esters is 1. The number of rotatable bonds is 4. The van der Waals surface area contributed by atoms with Crippen LogP contribution in [0.5, 0.6) is 0 Å². The molecule has 1 heterocycles. The molecule has 1 aromatic heterocycles. The highest BCUT2D eigenvalue weighted by Gasteiger charge is 2.09. The number of hydrogen-bond donors (Lipinski definition) is 2. The number of nitrogens with zero attached hydrogens (tertiary/aromatic N) is 1. The van der Waals surface area contributed by atoms with Crippen molar-refractivity contribution >= 4 is 11.7 Å². The lowest BCUT2D eigenvalue weighted by atomic mass is 10.2. The number of aromatic nitrogens is 2. The summed E-state index contributed by atoms with van der Waals surface area (Å²) in [7, 11) is 1.28. The molecule has 0 spiro atoms. The Morgan fingerprint density at radius 3 is 3.00 bits per heavy atom. The number of methoxy groups -OCH3 is 1. The zero-order valence-corrected chi connectivity index (χ0v) is 9.74. The van der Waals surface area contributed by atoms with Gasteiger partial charge in [0, 0.05) is 6.20 Å². The number of aromatic amines is 1. The molecule has 0 bridgehead atoms. The third-order valence-corrected chi connectivity index (χ3v) is 2.42. The highest BCUT2D eigenvalue weighted by atomic mass is 19.1. The standard InChI is InChI=1S/C12H12FN3O2/c1-18-12(17)8-2-3-10(13)11(6-8)14-7-9-4-5-15-16-9/h2-6,14H,7H2,1H3,(H,15,16). The molecule has 0 atom stereocenters. The predicted octanol–water partition coefficient (Wildman–Crippen LogP) is 1.95. The van der Waals surface area contributed by atoms with Gasteiger partial charge in [0.15, 0.2) is 0 Å². The van der Waals surface area contributed by atoms with Crippen molar-refractivity contribution in [3.8, 4) is 0 Å². The van der Waals surface area contributed by atoms with Crippen LogP contribution in [0.4, 0.5) is 10.1 Å². The molecule has 18 heavy (non-hydrogen) atoms. The van der Waals surface area contributed by atoms with E-state index in [0.717, 1.165) is 5.69 Å². The minimum atomic E-state index is -0.500. The van der Waals surface area contributed by atoms with E-state index in [9.17, 15) is 9.18 Å². The molecular formula is C12H12FN3O2. The molecule has 0 radical (unpaired) electrons. The molecule has 5 nitrogen and oxygen atoms in total. The molecule has 2 rings (SSSR count). The minimum Gasteiger partial charge on any atom is -0.465 e. The van der Waals surface area contributed by atoms with E-state index >= 15 is 0 Å². The average molecular weight is 249 g/mol. The fourth-order valence-electron chi connectivity index (χ4n) is 1.48. The molecule has 2 N–H and O–H groups in total. The van der Waals surface area contributed by atoms with Crippen LogP contribution < -0.4 is 5.32 Å². The summed E-state index contributed by atoms with van der Waals surface area (Å²) in [4.78, 5) is 11.3. The summed E-state index contributed by atoms with van der Waals surface area (Å²) in [6.45, 7) is 0.390. The predicted molar refractivity (Wildman–Crippen MR) is 63.7 cm³/mol. The number of carbonyl (C=O) groups is 1. The van der Waals surface area contributed by atoms with Crippen LogP contribution in [0.3, 0.4) is 0 Å². The number of carbonyl (C=O) groups excluding carboxylic acids is 1. The molecule has 0 aliphatic carbocycles. The second kappa shape index (κ2) is 5.31. The molecule has 1 aromatic carbocycles. The number of hydrogen-bond acceptors (Lipinski definition) is 4. The van der Waals surface area contributed by atoms with Gasteiger partial charge in [-0.3, -0.25) is 5.10 Å². The molecule has 6 heteroatoms. The van der Waals surface area contributed by atoms with Crippen LogP contribution in [0.2, 0.25) is 0 Å². The Bertz CT molecular complexity index is 540. The van der Waals surface area contributed by atoms with Gasteiger partial charge in [0.2, 0.25) is 0 Å². The van der Waals surface area contributed by atoms with E-state index in [4.69, 9.17) is 0 Å². The van der Waals surface area contributed by atoms with Crippen molar-refractivity contribution in [1.82, 2.24) is 10.2 Å². The third kappa shape index (κ3) is 2.65. The van der Waals surface area contributed by atoms with Gasteiger partial charge >= 0.3 is 5.97 Å². The van der Waals surface area contributed by atoms with Gasteiger partial charge in [-0.25, -0.2) is 9.18 Å². The SMILES string of the molecule is COC(=O)c1ccc(F)c(NCc2ccn[nH]2)c1. The second-order valence-corrected chi connectivity index (χ2v) is 3.62. The van der Waals surface area contributed by atoms with Crippen LogP contribution in [0, 0.1) is 5.82 Å². The minimum absolute atomic E-state index is 0.243. The summed E-state index contributed by atoms with van der Waals surface area (Å²) in [5, 5.41) is 9.41. The van der Waals surface area contributed by atoms with E-state index < -0.39 is 11.8 Å². The summed E-state index contributed by atoms with van der Waals surface area (Å²) >= 11 is 0. The number of halogens is 1. The Morgan fingerprint density at radius 2 is 2.33 bits per heavy atom. The van der Waals surface area contributed by atoms with E-state index in [-0.39, 0.29) is 5.69 Å². The maximum atomic E-state index is 13.5. The first-order chi connectivity index (χ1) is 8.70. The van der Waals surface area contributed by atoms with Crippen molar-refractivity contribution in [1.29, 1.82) is 0 Å². The highest BCUT2D eigenvalue weighted by molar-refractivity contribution is 5.90. The van der Waals surface area contributed by atoms with Gasteiger partial charge in [-0.15, -0.1) is 0 Å². The fourth-order valence-corrected chi connectivity index (χ4v) is 1.48. The number of nitrogens with one attached hydrogen (secondary N) is 2. The van der Waals surface area contributed by atoms with E-state index in [0.29, 0.717) is 12.1 Å². The first-order valence-corrected chi connectivity index (χ1v) is 5.30. The van der Waals surface area contributed by atoms with Gasteiger partial charge in [0.25, 0.3) is 0 Å². The summed E-state index contributed by atoms with van der Waals surface area (Å²) in [5.41, 5.74) is 1.36. The van der Waals surface area contributed by atoms with Crippen LogP contribution in [0.25, 0.3) is 0 Å². The van der Waals surface area contributed by atoms with Crippen LogP contribution in [-0.4, -0.2) is 23.3 Å². The molecule has 0 fully saturated rings. The van der Waals surface area contributed by atoms with Crippen molar-refractivity contribution in [2.45, 2.75) is 6.54 Å². The maximum Gasteiger partial charge on any atom is 0.337 e. The van der Waals surface area contributed by atoms with Crippen molar-refractivity contribution in [3.63, 3.8) is 0 Å². The quantitative estimate of drug-likeness (QED) is 0.813. The van der Waals surface area contributed by atoms with Crippen molar-refractivity contribution in [2.24, 2.45) is 0 Å². The Kier molecular flexibility index (Phi) is 3.57. The van der Waals surface area contributed by atoms with Gasteiger partial charge in [-0.1, -0.05) is 0 Å². The molecule has 0 aliphatic heterocycles. The normalized spacial score (nSPS) is 10.1. The van der Waals surface area contributed by atoms with E-state index in [2.05, 4.69) is 20.3 Å². The molecule has 94 valence electrons. The van der Waals surface area contributed by atoms with Gasteiger partial charge < -0.3 is 10.1 Å². The first-order valence-electron chi connectivity index (χ1n) is 5.30. The molecule has 2 aromatic rings. The molecule has 0 saturated heterocycles. The third-order valence-electron chi connectivity index (χ3n) is 2.42. The summed E-state index contributed by atoms with van der Waals surface area (Å²) < 4.78 is 18.1. The number of anilines is 1. The van der Waals surface area contributed by atoms with E-state index in [1.54, 1.807) is 12.3 Å². The topological polar surface area (TPSA) is 67.0 Å². The highest BCUT2D eigenvalue weighted by Crippen LogP contribution is 2.17. The monoisotopic (exact) mass is 249 g/mol. The van der Waals surface area contributed by atoms with Gasteiger partial charge in [0.1, 0.15) is 5.82 Å². The van der Waals surface area contributed by atoms with Gasteiger partial charge in [0.05, 0.1) is 30.6 Å². The number of H-pyrrole nitrogens is 1. The molecule has 0 saturated carbocycles. The smallest absolute Gasteiger partial charge is 0.337 e. The van der Waals surface area contributed by atoms with Crippen molar-refractivity contribution in [3.05, 3.63) is 47.5 Å². The Hall–Kier alpha value is -2.37. The Labute approximate surface area is 103 Å². The Morgan fingerprint density at radius 1 is 1.50 bits per heavy atom. The van der Waals surface area contributed by atoms with Crippen LogP contribution in [-0.2, 0) is 11.3 Å². The van der Waals surface area contributed by atoms with Gasteiger partial charge in [-0.05, 0) is 24.3 Å². The molecule has 0 unspecified atom stereocenters. The summed E-state index contributed by atoms with van der Waals surface area (Å²) in [6.07, 6.45) is 1.61. The zero-order valence-electron chi connectivity index (χ0n) is 9.74. The fraction of sp³-hybridized carbons (Fsp3) is 0.167. The lowest BCUT2D eigenvalue weighted by Crippen LogP contribution is -2.06. The number of ether oxygens (including phenoxy) is 1. The molecule has 0 aliphatic rings. The second-order valence-electron chi connectivity index (χ2n) is 3.62. The zero-order chi connectivity index (χ0) is 13.0. The van der Waals surface area contributed by atoms with Crippen LogP contribution >= 0.6 is 0 Å². The lowest BCUT2D eigenvalue weighted by molar-refractivity contribution is 0.0600. The van der Waals surface area contributed by atoms with Crippen LogP contribution in [0.15, 0.2) is 30.5 Å². The van der Waals surface area contributed by atoms with E-state index in [1.165, 1.54) is 25.3 Å². The van der Waals surface area contributed by atoms with E-state index in [1.807, 2.05) is 0 Å².